The zero-order valence-corrected chi connectivity index (χ0v) is 11.3. The Morgan fingerprint density at radius 1 is 1.00 bits per heavy atom. The SMILES string of the molecule is CC1(C)C[C@@]2(O)[C@]3(C)CCC[C@@]2(C)[C@H]1CC3. The Morgan fingerprint density at radius 3 is 2.31 bits per heavy atom. The second-order valence-electron chi connectivity index (χ2n) is 7.95. The first-order chi connectivity index (χ1) is 7.25. The fraction of sp³-hybridized carbons (Fsp3) is 1.00. The molecule has 1 nitrogen and oxygen atoms in total. The normalized spacial score (nSPS) is 58.7. The summed E-state index contributed by atoms with van der Waals surface area (Å²) in [6, 6.07) is 0. The van der Waals surface area contributed by atoms with Crippen LogP contribution in [-0.4, -0.2) is 10.7 Å². The minimum Gasteiger partial charge on any atom is -0.389 e. The van der Waals surface area contributed by atoms with Crippen molar-refractivity contribution in [3.63, 3.8) is 0 Å². The fourth-order valence-corrected chi connectivity index (χ4v) is 5.98. The maximum atomic E-state index is 11.4. The van der Waals surface area contributed by atoms with Crippen molar-refractivity contribution in [1.82, 2.24) is 0 Å². The first-order valence-corrected chi connectivity index (χ1v) is 6.98. The lowest BCUT2D eigenvalue weighted by Crippen LogP contribution is -2.61. The van der Waals surface area contributed by atoms with Crippen molar-refractivity contribution < 1.29 is 5.11 Å². The van der Waals surface area contributed by atoms with Crippen molar-refractivity contribution in [1.29, 1.82) is 0 Å². The van der Waals surface area contributed by atoms with Crippen LogP contribution in [0.15, 0.2) is 0 Å². The molecule has 0 aromatic rings. The lowest BCUT2D eigenvalue weighted by atomic mass is 9.47. The molecule has 3 aliphatic carbocycles. The Kier molecular flexibility index (Phi) is 1.86. The molecular formula is C15H26O. The van der Waals surface area contributed by atoms with Crippen molar-refractivity contribution in [2.24, 2.45) is 22.2 Å². The van der Waals surface area contributed by atoms with Crippen molar-refractivity contribution in [3.05, 3.63) is 0 Å². The highest BCUT2D eigenvalue weighted by atomic mass is 16.3. The summed E-state index contributed by atoms with van der Waals surface area (Å²) >= 11 is 0. The molecule has 3 aliphatic rings. The van der Waals surface area contributed by atoms with E-state index in [9.17, 15) is 5.11 Å². The summed E-state index contributed by atoms with van der Waals surface area (Å²) in [6.45, 7) is 9.49. The quantitative estimate of drug-likeness (QED) is 0.662. The Labute approximate surface area is 99.6 Å². The number of hydrogen-bond donors (Lipinski definition) is 1. The van der Waals surface area contributed by atoms with Gasteiger partial charge in [-0.2, -0.15) is 0 Å². The molecule has 0 amide bonds. The van der Waals surface area contributed by atoms with Gasteiger partial charge in [0, 0.05) is 5.41 Å². The van der Waals surface area contributed by atoms with E-state index in [2.05, 4.69) is 27.7 Å². The maximum Gasteiger partial charge on any atom is 0.0762 e. The smallest absolute Gasteiger partial charge is 0.0762 e. The van der Waals surface area contributed by atoms with Crippen LogP contribution in [0.3, 0.4) is 0 Å². The van der Waals surface area contributed by atoms with E-state index >= 15 is 0 Å². The summed E-state index contributed by atoms with van der Waals surface area (Å²) in [5, 5.41) is 11.4. The van der Waals surface area contributed by atoms with Crippen LogP contribution in [0.5, 0.6) is 0 Å². The lowest BCUT2D eigenvalue weighted by molar-refractivity contribution is -0.207. The van der Waals surface area contributed by atoms with Crippen LogP contribution in [0.4, 0.5) is 0 Å². The van der Waals surface area contributed by atoms with Gasteiger partial charge < -0.3 is 5.11 Å². The van der Waals surface area contributed by atoms with Crippen LogP contribution in [0, 0.1) is 22.2 Å². The first kappa shape index (κ1) is 11.1. The molecule has 0 aliphatic heterocycles. The van der Waals surface area contributed by atoms with Crippen molar-refractivity contribution in [2.45, 2.75) is 71.8 Å². The van der Waals surface area contributed by atoms with Crippen molar-refractivity contribution in [3.8, 4) is 0 Å². The van der Waals surface area contributed by atoms with Crippen LogP contribution in [0.2, 0.25) is 0 Å². The van der Waals surface area contributed by atoms with Crippen LogP contribution < -0.4 is 0 Å². The number of aliphatic hydroxyl groups is 1. The third kappa shape index (κ3) is 0.939. The third-order valence-electron chi connectivity index (χ3n) is 6.78. The summed E-state index contributed by atoms with van der Waals surface area (Å²) in [4.78, 5) is 0. The van der Waals surface area contributed by atoms with Gasteiger partial charge in [0.25, 0.3) is 0 Å². The zero-order chi connectivity index (χ0) is 11.8. The van der Waals surface area contributed by atoms with Crippen molar-refractivity contribution in [2.75, 3.05) is 0 Å². The number of hydrogen-bond acceptors (Lipinski definition) is 1. The molecule has 16 heavy (non-hydrogen) atoms. The molecule has 4 bridgehead atoms. The van der Waals surface area contributed by atoms with Gasteiger partial charge in [-0.3, -0.25) is 0 Å². The van der Waals surface area contributed by atoms with Gasteiger partial charge in [-0.25, -0.2) is 0 Å². The summed E-state index contributed by atoms with van der Waals surface area (Å²) < 4.78 is 0. The van der Waals surface area contributed by atoms with Gasteiger partial charge in [-0.1, -0.05) is 34.1 Å². The monoisotopic (exact) mass is 222 g/mol. The molecule has 0 saturated heterocycles. The first-order valence-electron chi connectivity index (χ1n) is 6.98. The molecule has 92 valence electrons. The van der Waals surface area contributed by atoms with Crippen LogP contribution in [-0.2, 0) is 0 Å². The molecule has 0 unspecified atom stereocenters. The fourth-order valence-electron chi connectivity index (χ4n) is 5.98. The Bertz CT molecular complexity index is 334. The zero-order valence-electron chi connectivity index (χ0n) is 11.3. The van der Waals surface area contributed by atoms with E-state index in [4.69, 9.17) is 0 Å². The molecular weight excluding hydrogens is 196 g/mol. The molecule has 1 heteroatoms. The molecule has 3 rings (SSSR count). The molecule has 0 heterocycles. The predicted octanol–water partition coefficient (Wildman–Crippen LogP) is 3.75. The minimum absolute atomic E-state index is 0.196. The Hall–Kier alpha value is -0.0400. The Morgan fingerprint density at radius 2 is 1.69 bits per heavy atom. The number of rotatable bonds is 0. The van der Waals surface area contributed by atoms with Gasteiger partial charge in [0.1, 0.15) is 0 Å². The molecule has 0 spiro atoms. The Balaban J connectivity index is 2.17. The van der Waals surface area contributed by atoms with E-state index in [1.807, 2.05) is 0 Å². The van der Waals surface area contributed by atoms with E-state index in [1.165, 1.54) is 32.1 Å². The van der Waals surface area contributed by atoms with Gasteiger partial charge in [-0.05, 0) is 48.9 Å². The van der Waals surface area contributed by atoms with E-state index in [-0.39, 0.29) is 16.4 Å². The topological polar surface area (TPSA) is 20.2 Å². The highest BCUT2D eigenvalue weighted by Crippen LogP contribution is 2.74. The summed E-state index contributed by atoms with van der Waals surface area (Å²) in [6.07, 6.45) is 7.41. The second-order valence-corrected chi connectivity index (χ2v) is 7.95. The molecule has 3 fully saturated rings. The molecule has 4 atom stereocenters. The minimum atomic E-state index is -0.384. The largest absolute Gasteiger partial charge is 0.389 e. The van der Waals surface area contributed by atoms with Gasteiger partial charge >= 0.3 is 0 Å². The van der Waals surface area contributed by atoms with E-state index < -0.39 is 0 Å². The van der Waals surface area contributed by atoms with Gasteiger partial charge in [0.2, 0.25) is 0 Å². The van der Waals surface area contributed by atoms with Gasteiger partial charge in [-0.15, -0.1) is 0 Å². The molecule has 3 saturated carbocycles. The van der Waals surface area contributed by atoms with Crippen LogP contribution in [0.25, 0.3) is 0 Å². The van der Waals surface area contributed by atoms with Gasteiger partial charge in [0.05, 0.1) is 5.60 Å². The van der Waals surface area contributed by atoms with E-state index in [0.29, 0.717) is 5.41 Å². The molecule has 1 N–H and O–H groups in total. The average molecular weight is 222 g/mol. The highest BCUT2D eigenvalue weighted by molar-refractivity contribution is 5.22. The third-order valence-corrected chi connectivity index (χ3v) is 6.78. The summed E-state index contributed by atoms with van der Waals surface area (Å²) in [7, 11) is 0. The lowest BCUT2D eigenvalue weighted by Gasteiger charge is -2.61. The van der Waals surface area contributed by atoms with E-state index in [0.717, 1.165) is 12.3 Å². The predicted molar refractivity (Wildman–Crippen MR) is 66.1 cm³/mol. The van der Waals surface area contributed by atoms with Crippen LogP contribution >= 0.6 is 0 Å². The molecule has 0 radical (unpaired) electrons. The highest BCUT2D eigenvalue weighted by Gasteiger charge is 2.72. The standard InChI is InChI=1S/C15H26O/c1-12(2)10-15(16)13(3)7-5-8-14(15,4)11(12)6-9-13/h11,16H,5-10H2,1-4H3/t11-,13+,14-,15+/m0/s1. The van der Waals surface area contributed by atoms with Crippen LogP contribution in [0.1, 0.15) is 66.2 Å². The molecule has 0 aromatic carbocycles. The second kappa shape index (κ2) is 2.68. The summed E-state index contributed by atoms with van der Waals surface area (Å²) in [5.74, 6) is 0.735. The van der Waals surface area contributed by atoms with E-state index in [1.54, 1.807) is 0 Å². The molecule has 0 aromatic heterocycles. The summed E-state index contributed by atoms with van der Waals surface area (Å²) in [5.41, 5.74) is 0.349. The van der Waals surface area contributed by atoms with Gasteiger partial charge in [0.15, 0.2) is 0 Å². The average Bonchev–Trinajstić information content (AvgIpc) is 2.20. The van der Waals surface area contributed by atoms with Crippen molar-refractivity contribution >= 4 is 0 Å². The maximum absolute atomic E-state index is 11.4.